The minimum atomic E-state index is -0.419. The van der Waals surface area contributed by atoms with E-state index in [9.17, 15) is 14.4 Å². The third kappa shape index (κ3) is 4.25. The van der Waals surface area contributed by atoms with E-state index in [4.69, 9.17) is 11.6 Å². The van der Waals surface area contributed by atoms with E-state index in [1.807, 2.05) is 59.3 Å². The third-order valence-electron chi connectivity index (χ3n) is 5.79. The van der Waals surface area contributed by atoms with E-state index in [1.54, 1.807) is 0 Å². The molecular formula is C23H24ClN3O3. The summed E-state index contributed by atoms with van der Waals surface area (Å²) in [5, 5.41) is 2.93. The molecular weight excluding hydrogens is 402 g/mol. The molecule has 0 bridgehead atoms. The summed E-state index contributed by atoms with van der Waals surface area (Å²) in [5.74, 6) is -0.805. The molecule has 0 saturated carbocycles. The van der Waals surface area contributed by atoms with Gasteiger partial charge in [-0.05, 0) is 30.2 Å². The van der Waals surface area contributed by atoms with Crippen molar-refractivity contribution in [3.8, 4) is 11.1 Å². The lowest BCUT2D eigenvalue weighted by Gasteiger charge is -2.32. The van der Waals surface area contributed by atoms with Crippen LogP contribution in [0.2, 0.25) is 5.02 Å². The van der Waals surface area contributed by atoms with Gasteiger partial charge in [-0.25, -0.2) is 0 Å². The summed E-state index contributed by atoms with van der Waals surface area (Å²) in [4.78, 5) is 39.8. The van der Waals surface area contributed by atoms with Crippen LogP contribution >= 0.6 is 11.6 Å². The van der Waals surface area contributed by atoms with Crippen molar-refractivity contribution in [1.29, 1.82) is 0 Å². The molecule has 6 nitrogen and oxygen atoms in total. The lowest BCUT2D eigenvalue weighted by atomic mass is 9.88. The van der Waals surface area contributed by atoms with Crippen LogP contribution in [0.15, 0.2) is 42.5 Å². The predicted molar refractivity (Wildman–Crippen MR) is 115 cm³/mol. The number of carbonyl (C=O) groups excluding carboxylic acids is 3. The van der Waals surface area contributed by atoms with Crippen LogP contribution in [-0.4, -0.2) is 54.2 Å². The fraction of sp³-hybridized carbons (Fsp3) is 0.348. The normalized spacial score (nSPS) is 20.4. The van der Waals surface area contributed by atoms with Crippen LogP contribution in [0.4, 0.5) is 0 Å². The summed E-state index contributed by atoms with van der Waals surface area (Å²) in [5.41, 5.74) is 3.60. The highest BCUT2D eigenvalue weighted by Crippen LogP contribution is 2.37. The third-order valence-corrected chi connectivity index (χ3v) is 6.21. The first-order chi connectivity index (χ1) is 14.4. The van der Waals surface area contributed by atoms with Gasteiger partial charge in [0.05, 0.1) is 17.5 Å². The van der Waals surface area contributed by atoms with Gasteiger partial charge in [-0.1, -0.05) is 54.1 Å². The summed E-state index contributed by atoms with van der Waals surface area (Å²) in [6, 6.07) is 13.7. The molecule has 2 saturated heterocycles. The monoisotopic (exact) mass is 425 g/mol. The van der Waals surface area contributed by atoms with Gasteiger partial charge in [-0.15, -0.1) is 0 Å². The van der Waals surface area contributed by atoms with Gasteiger partial charge in [0.2, 0.25) is 17.7 Å². The van der Waals surface area contributed by atoms with Crippen molar-refractivity contribution >= 4 is 29.3 Å². The van der Waals surface area contributed by atoms with Gasteiger partial charge in [-0.3, -0.25) is 24.6 Å². The van der Waals surface area contributed by atoms with E-state index in [2.05, 4.69) is 5.32 Å². The molecule has 0 aliphatic carbocycles. The Morgan fingerprint density at radius 3 is 2.53 bits per heavy atom. The highest BCUT2D eigenvalue weighted by molar-refractivity contribution is 6.34. The van der Waals surface area contributed by atoms with Crippen LogP contribution in [-0.2, 0) is 20.9 Å². The van der Waals surface area contributed by atoms with Gasteiger partial charge in [0.1, 0.15) is 0 Å². The zero-order chi connectivity index (χ0) is 21.3. The first-order valence-electron chi connectivity index (χ1n) is 10.1. The molecule has 156 valence electrons. The number of likely N-dealkylation sites (N-methyl/N-ethyl adjacent to an activating group) is 1. The Bertz CT molecular complexity index is 990. The maximum atomic E-state index is 12.3. The molecule has 2 aliphatic rings. The highest BCUT2D eigenvalue weighted by Gasteiger charge is 2.30. The number of piperazine rings is 1. The Morgan fingerprint density at radius 2 is 1.83 bits per heavy atom. The number of halogens is 1. The second-order valence-electron chi connectivity index (χ2n) is 7.96. The van der Waals surface area contributed by atoms with E-state index in [0.29, 0.717) is 31.0 Å². The lowest BCUT2D eigenvalue weighted by molar-refractivity contribution is -0.136. The maximum Gasteiger partial charge on any atom is 0.237 e. The quantitative estimate of drug-likeness (QED) is 0.765. The van der Waals surface area contributed by atoms with Crippen LogP contribution < -0.4 is 5.32 Å². The van der Waals surface area contributed by atoms with Crippen molar-refractivity contribution in [2.24, 2.45) is 0 Å². The Labute approximate surface area is 180 Å². The number of nitrogens with zero attached hydrogens (tertiary/aromatic N) is 2. The fourth-order valence-corrected chi connectivity index (χ4v) is 4.40. The van der Waals surface area contributed by atoms with Crippen LogP contribution in [0.1, 0.15) is 29.9 Å². The molecule has 2 fully saturated rings. The van der Waals surface area contributed by atoms with Crippen LogP contribution in [0, 0.1) is 0 Å². The first-order valence-corrected chi connectivity index (χ1v) is 10.5. The Morgan fingerprint density at radius 1 is 1.07 bits per heavy atom. The summed E-state index contributed by atoms with van der Waals surface area (Å²) in [6.07, 6.45) is 0.780. The van der Waals surface area contributed by atoms with Crippen molar-refractivity contribution in [2.75, 3.05) is 26.7 Å². The molecule has 0 spiro atoms. The maximum absolute atomic E-state index is 12.3. The molecule has 2 aliphatic heterocycles. The average Bonchev–Trinajstić information content (AvgIpc) is 2.71. The van der Waals surface area contributed by atoms with Gasteiger partial charge in [0.25, 0.3) is 0 Å². The van der Waals surface area contributed by atoms with Gasteiger partial charge in [0, 0.05) is 31.6 Å². The van der Waals surface area contributed by atoms with E-state index in [-0.39, 0.29) is 17.7 Å². The van der Waals surface area contributed by atoms with Crippen molar-refractivity contribution in [1.82, 2.24) is 15.1 Å². The van der Waals surface area contributed by atoms with Crippen molar-refractivity contribution in [3.05, 3.63) is 58.6 Å². The molecule has 3 amide bonds. The number of imide groups is 1. The van der Waals surface area contributed by atoms with Crippen LogP contribution in [0.5, 0.6) is 0 Å². The number of hydrogen-bond acceptors (Lipinski definition) is 4. The number of piperidine rings is 1. The topological polar surface area (TPSA) is 69.7 Å². The second-order valence-corrected chi connectivity index (χ2v) is 8.34. The predicted octanol–water partition coefficient (Wildman–Crippen LogP) is 2.80. The molecule has 7 heteroatoms. The number of nitrogens with one attached hydrogen (secondary N) is 1. The van der Waals surface area contributed by atoms with E-state index < -0.39 is 5.92 Å². The molecule has 2 aromatic carbocycles. The fourth-order valence-electron chi connectivity index (χ4n) is 4.04. The van der Waals surface area contributed by atoms with Gasteiger partial charge in [-0.2, -0.15) is 0 Å². The van der Waals surface area contributed by atoms with Crippen LogP contribution in [0.25, 0.3) is 11.1 Å². The summed E-state index contributed by atoms with van der Waals surface area (Å²) >= 11 is 6.68. The summed E-state index contributed by atoms with van der Waals surface area (Å²) in [7, 11) is 1.96. The largest absolute Gasteiger partial charge is 0.336 e. The molecule has 30 heavy (non-hydrogen) atoms. The molecule has 1 N–H and O–H groups in total. The second kappa shape index (κ2) is 8.58. The average molecular weight is 426 g/mol. The SMILES string of the molecule is CN1CCN(Cc2ccc(-c3cccc([C@@H]4CCC(=O)NC4=O)c3Cl)cc2)C(=O)C1. The lowest BCUT2D eigenvalue weighted by Crippen LogP contribution is -2.48. The molecule has 2 heterocycles. The molecule has 4 rings (SSSR count). The number of carbonyl (C=O) groups is 3. The molecule has 0 radical (unpaired) electrons. The Hall–Kier alpha value is -2.70. The van der Waals surface area contributed by atoms with E-state index in [1.165, 1.54) is 0 Å². The molecule has 2 aromatic rings. The summed E-state index contributed by atoms with van der Waals surface area (Å²) < 4.78 is 0. The first kappa shape index (κ1) is 20.6. The molecule has 0 unspecified atom stereocenters. The minimum Gasteiger partial charge on any atom is -0.336 e. The highest BCUT2D eigenvalue weighted by atomic mass is 35.5. The zero-order valence-corrected chi connectivity index (χ0v) is 17.6. The Kier molecular flexibility index (Phi) is 5.88. The molecule has 1 atom stereocenters. The Balaban J connectivity index is 1.53. The van der Waals surface area contributed by atoms with E-state index in [0.717, 1.165) is 35.3 Å². The number of benzene rings is 2. The summed E-state index contributed by atoms with van der Waals surface area (Å²) in [6.45, 7) is 2.67. The number of hydrogen-bond donors (Lipinski definition) is 1. The molecule has 0 aromatic heterocycles. The van der Waals surface area contributed by atoms with Crippen LogP contribution in [0.3, 0.4) is 0 Å². The zero-order valence-electron chi connectivity index (χ0n) is 16.9. The smallest absolute Gasteiger partial charge is 0.237 e. The van der Waals surface area contributed by atoms with Gasteiger partial charge >= 0.3 is 0 Å². The minimum absolute atomic E-state index is 0.146. The van der Waals surface area contributed by atoms with Crippen molar-refractivity contribution in [2.45, 2.75) is 25.3 Å². The standard InChI is InChI=1S/C23H24ClN3O3/c1-26-11-12-27(21(29)14-26)13-15-5-7-16(8-6-15)17-3-2-4-18(22(17)24)19-9-10-20(28)25-23(19)30/h2-8,19H,9-14H2,1H3,(H,25,28,30)/t19-/m0/s1. The van der Waals surface area contributed by atoms with E-state index >= 15 is 0 Å². The van der Waals surface area contributed by atoms with Crippen molar-refractivity contribution in [3.63, 3.8) is 0 Å². The number of amides is 3. The number of rotatable bonds is 4. The van der Waals surface area contributed by atoms with Gasteiger partial charge in [0.15, 0.2) is 0 Å². The van der Waals surface area contributed by atoms with Gasteiger partial charge < -0.3 is 4.90 Å². The van der Waals surface area contributed by atoms with Crippen molar-refractivity contribution < 1.29 is 14.4 Å².